The van der Waals surface area contributed by atoms with Crippen LogP contribution in [0.2, 0.25) is 0 Å². The van der Waals surface area contributed by atoms with Crippen LogP contribution in [0, 0.1) is 11.8 Å². The summed E-state index contributed by atoms with van der Waals surface area (Å²) in [4.78, 5) is 27.8. The summed E-state index contributed by atoms with van der Waals surface area (Å²) in [5.74, 6) is -0.269. The molecule has 1 saturated carbocycles. The fourth-order valence-electron chi connectivity index (χ4n) is 5.27. The van der Waals surface area contributed by atoms with Gasteiger partial charge < -0.3 is 10.2 Å². The van der Waals surface area contributed by atoms with Crippen molar-refractivity contribution >= 4 is 33.2 Å². The zero-order valence-electron chi connectivity index (χ0n) is 20.4. The number of fused-ring (bicyclic) bond motifs is 1. The van der Waals surface area contributed by atoms with Gasteiger partial charge in [-0.25, -0.2) is 8.42 Å². The highest BCUT2D eigenvalue weighted by atomic mass is 32.2. The van der Waals surface area contributed by atoms with E-state index in [-0.39, 0.29) is 35.2 Å². The molecule has 2 heterocycles. The minimum atomic E-state index is -3.74. The summed E-state index contributed by atoms with van der Waals surface area (Å²) < 4.78 is 28.5. The second kappa shape index (κ2) is 9.39. The molecule has 1 saturated heterocycles. The molecule has 2 aromatic rings. The van der Waals surface area contributed by atoms with Crippen LogP contribution >= 0.6 is 0 Å². The largest absolute Gasteiger partial charge is 0.326 e. The number of rotatable bonds is 6. The minimum Gasteiger partial charge on any atom is -0.326 e. The van der Waals surface area contributed by atoms with Crippen molar-refractivity contribution in [2.75, 3.05) is 23.3 Å². The van der Waals surface area contributed by atoms with E-state index in [1.54, 1.807) is 18.2 Å². The lowest BCUT2D eigenvalue weighted by Crippen LogP contribution is -2.43. The Morgan fingerprint density at radius 1 is 1.06 bits per heavy atom. The molecule has 1 aliphatic carbocycles. The number of amides is 2. The maximum atomic E-state index is 13.5. The van der Waals surface area contributed by atoms with Crippen molar-refractivity contribution in [3.63, 3.8) is 0 Å². The summed E-state index contributed by atoms with van der Waals surface area (Å²) in [5, 5.41) is 2.97. The van der Waals surface area contributed by atoms with Gasteiger partial charge in [0.25, 0.3) is 0 Å². The van der Waals surface area contributed by atoms with Gasteiger partial charge in [-0.3, -0.25) is 9.59 Å². The molecule has 7 nitrogen and oxygen atoms in total. The van der Waals surface area contributed by atoms with Crippen LogP contribution in [-0.4, -0.2) is 43.7 Å². The molecule has 8 heteroatoms. The molecule has 186 valence electrons. The third-order valence-electron chi connectivity index (χ3n) is 7.43. The number of carbonyl (C=O) groups excluding carboxylic acids is 2. The number of anilines is 2. The summed E-state index contributed by atoms with van der Waals surface area (Å²) in [6.45, 7) is 4.64. The molecule has 2 atom stereocenters. The van der Waals surface area contributed by atoms with Crippen molar-refractivity contribution in [3.8, 4) is 0 Å². The fourth-order valence-corrected chi connectivity index (χ4v) is 6.84. The number of hydrogen-bond acceptors (Lipinski definition) is 4. The van der Waals surface area contributed by atoms with Gasteiger partial charge in [0.2, 0.25) is 21.8 Å². The predicted molar refractivity (Wildman–Crippen MR) is 136 cm³/mol. The van der Waals surface area contributed by atoms with Crippen molar-refractivity contribution in [2.24, 2.45) is 11.8 Å². The first-order valence-electron chi connectivity index (χ1n) is 12.6. The normalized spacial score (nSPS) is 22.6. The van der Waals surface area contributed by atoms with E-state index in [1.807, 2.05) is 36.1 Å². The zero-order chi connectivity index (χ0) is 24.7. The molecule has 0 bridgehead atoms. The van der Waals surface area contributed by atoms with Crippen LogP contribution in [-0.2, 0) is 32.5 Å². The highest BCUT2D eigenvalue weighted by Gasteiger charge is 2.40. The Kier molecular flexibility index (Phi) is 6.44. The van der Waals surface area contributed by atoms with Crippen LogP contribution in [0.3, 0.4) is 0 Å². The molecule has 0 radical (unpaired) electrons. The van der Waals surface area contributed by atoms with E-state index in [1.165, 1.54) is 4.31 Å². The Morgan fingerprint density at radius 3 is 2.60 bits per heavy atom. The molecule has 2 aliphatic heterocycles. The third-order valence-corrected chi connectivity index (χ3v) is 9.29. The molecule has 2 aromatic carbocycles. The van der Waals surface area contributed by atoms with Crippen LogP contribution in [0.25, 0.3) is 0 Å². The molecule has 2 fully saturated rings. The molecule has 3 aliphatic rings. The molecule has 0 aromatic heterocycles. The number of piperidine rings is 1. The van der Waals surface area contributed by atoms with Crippen LogP contribution in [0.5, 0.6) is 0 Å². The Bertz CT molecular complexity index is 1250. The quantitative estimate of drug-likeness (QED) is 0.657. The van der Waals surface area contributed by atoms with Gasteiger partial charge in [0.1, 0.15) is 0 Å². The number of aryl methyl sites for hydroxylation is 1. The van der Waals surface area contributed by atoms with Crippen LogP contribution < -0.4 is 10.2 Å². The Labute approximate surface area is 207 Å². The number of carbonyl (C=O) groups is 2. The van der Waals surface area contributed by atoms with E-state index < -0.39 is 15.9 Å². The van der Waals surface area contributed by atoms with E-state index in [9.17, 15) is 18.0 Å². The third kappa shape index (κ3) is 4.74. The van der Waals surface area contributed by atoms with E-state index >= 15 is 0 Å². The SMILES string of the molecule is CCc1cccc(NC(=O)[C@@H]2CCCN(S(=O)(=O)c3ccc4c(c3)C[C@H](C)N4C(=O)C3CC3)C2)c1. The number of hydrogen-bond donors (Lipinski definition) is 1. The van der Waals surface area contributed by atoms with Gasteiger partial charge in [0.15, 0.2) is 0 Å². The second-order valence-corrected chi connectivity index (χ2v) is 12.0. The van der Waals surface area contributed by atoms with Gasteiger partial charge >= 0.3 is 0 Å². The number of benzene rings is 2. The molecule has 35 heavy (non-hydrogen) atoms. The zero-order valence-corrected chi connectivity index (χ0v) is 21.2. The Balaban J connectivity index is 1.31. The van der Waals surface area contributed by atoms with Crippen LogP contribution in [0.4, 0.5) is 11.4 Å². The van der Waals surface area contributed by atoms with Gasteiger partial charge in [-0.15, -0.1) is 0 Å². The lowest BCUT2D eigenvalue weighted by molar-refractivity contribution is -0.121. The topological polar surface area (TPSA) is 86.8 Å². The molecule has 2 amide bonds. The standard InChI is InChI=1S/C27H33N3O4S/c1-3-19-6-4-8-23(15-19)28-26(31)21-7-5-13-29(17-21)35(33,34)24-11-12-25-22(16-24)14-18(2)30(25)27(32)20-9-10-20/h4,6,8,11-12,15-16,18,20-21H,3,5,7,9-10,13-14,17H2,1-2H3,(H,28,31)/t18-,21+/m0/s1. The number of nitrogens with zero attached hydrogens (tertiary/aromatic N) is 2. The van der Waals surface area contributed by atoms with E-state index in [0.29, 0.717) is 25.8 Å². The fraction of sp³-hybridized carbons (Fsp3) is 0.481. The molecular formula is C27H33N3O4S. The van der Waals surface area contributed by atoms with Crippen LogP contribution in [0.1, 0.15) is 50.7 Å². The van der Waals surface area contributed by atoms with Crippen molar-refractivity contribution < 1.29 is 18.0 Å². The van der Waals surface area contributed by atoms with E-state index in [0.717, 1.165) is 41.8 Å². The van der Waals surface area contributed by atoms with Gasteiger partial charge in [-0.2, -0.15) is 4.31 Å². The van der Waals surface area contributed by atoms with E-state index in [2.05, 4.69) is 12.2 Å². The molecule has 0 spiro atoms. The first-order chi connectivity index (χ1) is 16.8. The highest BCUT2D eigenvalue weighted by Crippen LogP contribution is 2.40. The summed E-state index contributed by atoms with van der Waals surface area (Å²) in [7, 11) is -3.74. The monoisotopic (exact) mass is 495 g/mol. The highest BCUT2D eigenvalue weighted by molar-refractivity contribution is 7.89. The predicted octanol–water partition coefficient (Wildman–Crippen LogP) is 3.98. The summed E-state index contributed by atoms with van der Waals surface area (Å²) >= 11 is 0. The summed E-state index contributed by atoms with van der Waals surface area (Å²) in [6, 6.07) is 12.9. The smallest absolute Gasteiger partial charge is 0.243 e. The first kappa shape index (κ1) is 24.0. The van der Waals surface area contributed by atoms with Gasteiger partial charge in [-0.05, 0) is 86.9 Å². The van der Waals surface area contributed by atoms with Crippen molar-refractivity contribution in [3.05, 3.63) is 53.6 Å². The number of sulfonamides is 1. The van der Waals surface area contributed by atoms with Gasteiger partial charge in [0.05, 0.1) is 10.8 Å². The average Bonchev–Trinajstić information content (AvgIpc) is 3.65. The van der Waals surface area contributed by atoms with Crippen molar-refractivity contribution in [1.82, 2.24) is 4.31 Å². The van der Waals surface area contributed by atoms with Gasteiger partial charge in [-0.1, -0.05) is 19.1 Å². The molecule has 5 rings (SSSR count). The summed E-state index contributed by atoms with van der Waals surface area (Å²) in [5.41, 5.74) is 3.61. The summed E-state index contributed by atoms with van der Waals surface area (Å²) in [6.07, 6.45) is 4.71. The first-order valence-corrected chi connectivity index (χ1v) is 14.1. The minimum absolute atomic E-state index is 0.0327. The van der Waals surface area contributed by atoms with Crippen LogP contribution in [0.15, 0.2) is 47.4 Å². The lowest BCUT2D eigenvalue weighted by atomic mass is 9.98. The molecule has 1 N–H and O–H groups in total. The second-order valence-electron chi connectivity index (χ2n) is 10.1. The van der Waals surface area contributed by atoms with Crippen molar-refractivity contribution in [2.45, 2.75) is 63.3 Å². The lowest BCUT2D eigenvalue weighted by Gasteiger charge is -2.31. The molecular weight excluding hydrogens is 462 g/mol. The van der Waals surface area contributed by atoms with E-state index in [4.69, 9.17) is 0 Å². The van der Waals surface area contributed by atoms with Gasteiger partial charge in [0, 0.05) is 36.4 Å². The maximum Gasteiger partial charge on any atom is 0.243 e. The Hall–Kier alpha value is -2.71. The maximum absolute atomic E-state index is 13.5. The van der Waals surface area contributed by atoms with Crippen molar-refractivity contribution in [1.29, 1.82) is 0 Å². The Morgan fingerprint density at radius 2 is 1.86 bits per heavy atom. The molecule has 0 unspecified atom stereocenters. The average molecular weight is 496 g/mol. The number of nitrogens with one attached hydrogen (secondary N) is 1.